The second kappa shape index (κ2) is 6.30. The summed E-state index contributed by atoms with van der Waals surface area (Å²) >= 11 is 4.91. The number of benzene rings is 1. The molecule has 16 heavy (non-hydrogen) atoms. The number of hydrogen-bond acceptors (Lipinski definition) is 3. The van der Waals surface area contributed by atoms with E-state index in [9.17, 15) is 4.79 Å². The van der Waals surface area contributed by atoms with Gasteiger partial charge in [0.05, 0.1) is 17.0 Å². The molecule has 1 unspecified atom stereocenters. The molecule has 1 rings (SSSR count). The third kappa shape index (κ3) is 3.25. The second-order valence-corrected chi connectivity index (χ2v) is 5.53. The lowest BCUT2D eigenvalue weighted by Gasteiger charge is -2.11. The van der Waals surface area contributed by atoms with E-state index in [1.165, 1.54) is 0 Å². The van der Waals surface area contributed by atoms with Crippen LogP contribution in [0.4, 0.5) is 0 Å². The Labute approximate surface area is 109 Å². The van der Waals surface area contributed by atoms with E-state index in [1.54, 1.807) is 11.8 Å². The highest BCUT2D eigenvalue weighted by Gasteiger charge is 2.17. The first-order chi connectivity index (χ1) is 7.60. The number of rotatable bonds is 5. The van der Waals surface area contributed by atoms with Crippen LogP contribution in [-0.4, -0.2) is 23.5 Å². The molecular formula is C12H15BrO2S. The Morgan fingerprint density at radius 3 is 2.75 bits per heavy atom. The Balaban J connectivity index is 3.14. The maximum Gasteiger partial charge on any atom is 0.179 e. The van der Waals surface area contributed by atoms with Gasteiger partial charge in [-0.1, -0.05) is 15.9 Å². The Kier molecular flexibility index (Phi) is 5.35. The average Bonchev–Trinajstić information content (AvgIpc) is 2.29. The van der Waals surface area contributed by atoms with Gasteiger partial charge in [-0.3, -0.25) is 4.79 Å². The minimum Gasteiger partial charge on any atom is -0.493 e. The number of thioether (sulfide) groups is 1. The molecule has 0 radical (unpaired) electrons. The fraction of sp³-hybridized carbons (Fsp3) is 0.417. The van der Waals surface area contributed by atoms with E-state index in [0.29, 0.717) is 17.9 Å². The summed E-state index contributed by atoms with van der Waals surface area (Å²) in [6, 6.07) is 5.71. The van der Waals surface area contributed by atoms with Gasteiger partial charge in [-0.15, -0.1) is 11.8 Å². The van der Waals surface area contributed by atoms with Gasteiger partial charge in [0.1, 0.15) is 5.75 Å². The van der Waals surface area contributed by atoms with Crippen LogP contribution >= 0.6 is 27.7 Å². The first kappa shape index (κ1) is 13.6. The first-order valence-corrected chi connectivity index (χ1v) is 7.23. The third-order valence-electron chi connectivity index (χ3n) is 2.11. The highest BCUT2D eigenvalue weighted by Crippen LogP contribution is 2.27. The number of Topliss-reactive ketones (excluding diaryl/α,β-unsaturated/α-hetero) is 1. The van der Waals surface area contributed by atoms with Crippen LogP contribution in [0.5, 0.6) is 5.75 Å². The highest BCUT2D eigenvalue weighted by molar-refractivity contribution is 9.10. The molecule has 0 amide bonds. The van der Waals surface area contributed by atoms with Crippen LogP contribution < -0.4 is 4.74 Å². The lowest BCUT2D eigenvalue weighted by Crippen LogP contribution is -2.12. The zero-order valence-electron chi connectivity index (χ0n) is 9.62. The Hall–Kier alpha value is -0.480. The molecular weight excluding hydrogens is 288 g/mol. The summed E-state index contributed by atoms with van der Waals surface area (Å²) in [6.07, 6.45) is 1.99. The van der Waals surface area contributed by atoms with Crippen molar-refractivity contribution in [2.45, 2.75) is 23.6 Å². The minimum absolute atomic E-state index is 0.0550. The summed E-state index contributed by atoms with van der Waals surface area (Å²) in [4.78, 5) is 12.9. The standard InChI is InChI=1S/C12H15BrO2S/c1-4-15-11-6-5-9(16-3)7-10(11)12(14)8(2)13/h5-8H,4H2,1-3H3. The molecule has 0 fully saturated rings. The van der Waals surface area contributed by atoms with Crippen LogP contribution in [0.25, 0.3) is 0 Å². The minimum atomic E-state index is -0.191. The normalized spacial score (nSPS) is 12.2. The number of hydrogen-bond donors (Lipinski definition) is 0. The molecule has 0 N–H and O–H groups in total. The molecule has 0 heterocycles. The zero-order chi connectivity index (χ0) is 12.1. The number of ether oxygens (including phenoxy) is 1. The van der Waals surface area contributed by atoms with E-state index in [1.807, 2.05) is 38.3 Å². The van der Waals surface area contributed by atoms with Gasteiger partial charge >= 0.3 is 0 Å². The van der Waals surface area contributed by atoms with Gasteiger partial charge < -0.3 is 4.74 Å². The first-order valence-electron chi connectivity index (χ1n) is 5.09. The predicted molar refractivity (Wildman–Crippen MR) is 72.1 cm³/mol. The van der Waals surface area contributed by atoms with Crippen LogP contribution in [-0.2, 0) is 0 Å². The summed E-state index contributed by atoms with van der Waals surface area (Å²) in [7, 11) is 0. The molecule has 1 aromatic carbocycles. The summed E-state index contributed by atoms with van der Waals surface area (Å²) in [5.74, 6) is 0.718. The van der Waals surface area contributed by atoms with E-state index in [-0.39, 0.29) is 10.6 Å². The van der Waals surface area contributed by atoms with Gasteiger partial charge in [0.15, 0.2) is 5.78 Å². The van der Waals surface area contributed by atoms with Crippen molar-refractivity contribution in [1.29, 1.82) is 0 Å². The third-order valence-corrected chi connectivity index (χ3v) is 3.25. The van der Waals surface area contributed by atoms with Gasteiger partial charge in [-0.2, -0.15) is 0 Å². The zero-order valence-corrected chi connectivity index (χ0v) is 12.0. The number of ketones is 1. The lowest BCUT2D eigenvalue weighted by atomic mass is 10.1. The smallest absolute Gasteiger partial charge is 0.179 e. The van der Waals surface area contributed by atoms with Crippen LogP contribution in [0.3, 0.4) is 0 Å². The van der Waals surface area contributed by atoms with E-state index >= 15 is 0 Å². The summed E-state index contributed by atoms with van der Waals surface area (Å²) in [6.45, 7) is 4.30. The highest BCUT2D eigenvalue weighted by atomic mass is 79.9. The van der Waals surface area contributed by atoms with Crippen molar-refractivity contribution in [3.8, 4) is 5.75 Å². The van der Waals surface area contributed by atoms with Gasteiger partial charge in [-0.05, 0) is 38.3 Å². The van der Waals surface area contributed by atoms with Gasteiger partial charge in [0.25, 0.3) is 0 Å². The van der Waals surface area contributed by atoms with E-state index in [2.05, 4.69) is 15.9 Å². The number of carbonyl (C=O) groups is 1. The molecule has 2 nitrogen and oxygen atoms in total. The van der Waals surface area contributed by atoms with Crippen molar-refractivity contribution >= 4 is 33.5 Å². The Bertz CT molecular complexity index is 377. The van der Waals surface area contributed by atoms with Crippen LogP contribution in [0.15, 0.2) is 23.1 Å². The van der Waals surface area contributed by atoms with Gasteiger partial charge in [0, 0.05) is 4.90 Å². The lowest BCUT2D eigenvalue weighted by molar-refractivity contribution is 0.0992. The monoisotopic (exact) mass is 302 g/mol. The fourth-order valence-corrected chi connectivity index (χ4v) is 2.01. The van der Waals surface area contributed by atoms with Crippen molar-refractivity contribution in [3.63, 3.8) is 0 Å². The summed E-state index contributed by atoms with van der Waals surface area (Å²) < 4.78 is 5.46. The molecule has 0 aliphatic heterocycles. The number of alkyl halides is 1. The Morgan fingerprint density at radius 2 is 2.25 bits per heavy atom. The molecule has 1 atom stereocenters. The summed E-state index contributed by atoms with van der Waals surface area (Å²) in [5, 5.41) is 0. The molecule has 0 spiro atoms. The molecule has 0 saturated carbocycles. The van der Waals surface area contributed by atoms with Crippen LogP contribution in [0, 0.1) is 0 Å². The van der Waals surface area contributed by atoms with Crippen molar-refractivity contribution < 1.29 is 9.53 Å². The van der Waals surface area contributed by atoms with E-state index in [4.69, 9.17) is 4.74 Å². The quantitative estimate of drug-likeness (QED) is 0.470. The fourth-order valence-electron chi connectivity index (χ4n) is 1.32. The Morgan fingerprint density at radius 1 is 1.56 bits per heavy atom. The van der Waals surface area contributed by atoms with Crippen molar-refractivity contribution in [2.75, 3.05) is 12.9 Å². The molecule has 88 valence electrons. The molecule has 0 bridgehead atoms. The number of carbonyl (C=O) groups excluding carboxylic acids is 1. The van der Waals surface area contributed by atoms with Gasteiger partial charge in [0.2, 0.25) is 0 Å². The molecule has 4 heteroatoms. The molecule has 0 aliphatic carbocycles. The van der Waals surface area contributed by atoms with Crippen molar-refractivity contribution in [2.24, 2.45) is 0 Å². The molecule has 0 saturated heterocycles. The SMILES string of the molecule is CCOc1ccc(SC)cc1C(=O)C(C)Br. The second-order valence-electron chi connectivity index (χ2n) is 3.28. The number of halogens is 1. The largest absolute Gasteiger partial charge is 0.493 e. The van der Waals surface area contributed by atoms with E-state index in [0.717, 1.165) is 4.90 Å². The molecule has 1 aromatic rings. The van der Waals surface area contributed by atoms with Crippen LogP contribution in [0.2, 0.25) is 0 Å². The summed E-state index contributed by atoms with van der Waals surface area (Å²) in [5.41, 5.74) is 0.651. The topological polar surface area (TPSA) is 26.3 Å². The van der Waals surface area contributed by atoms with Gasteiger partial charge in [-0.25, -0.2) is 0 Å². The molecule has 0 aromatic heterocycles. The van der Waals surface area contributed by atoms with Crippen LogP contribution in [0.1, 0.15) is 24.2 Å². The maximum absolute atomic E-state index is 12.0. The van der Waals surface area contributed by atoms with Crippen molar-refractivity contribution in [3.05, 3.63) is 23.8 Å². The van der Waals surface area contributed by atoms with Crippen molar-refractivity contribution in [1.82, 2.24) is 0 Å². The molecule has 0 aliphatic rings. The predicted octanol–water partition coefficient (Wildman–Crippen LogP) is 3.77. The van der Waals surface area contributed by atoms with E-state index < -0.39 is 0 Å². The average molecular weight is 303 g/mol. The maximum atomic E-state index is 12.0.